The number of rotatable bonds is 5. The van der Waals surface area contributed by atoms with Crippen LogP contribution in [0.3, 0.4) is 0 Å². The third-order valence-corrected chi connectivity index (χ3v) is 8.13. The number of esters is 1. The highest BCUT2D eigenvalue weighted by molar-refractivity contribution is 6.07. The molecular weight excluding hydrogens is 481 g/mol. The first kappa shape index (κ1) is 24.6. The summed E-state index contributed by atoms with van der Waals surface area (Å²) in [4.78, 5) is 30.7. The number of hydrogen-bond donors (Lipinski definition) is 0. The first-order valence-electron chi connectivity index (χ1n) is 13.4. The van der Waals surface area contributed by atoms with Crippen molar-refractivity contribution in [2.75, 3.05) is 33.3 Å². The second kappa shape index (κ2) is 10.2. The van der Waals surface area contributed by atoms with Crippen LogP contribution in [0.2, 0.25) is 0 Å². The average molecular weight is 514 g/mol. The molecule has 2 aliphatic rings. The van der Waals surface area contributed by atoms with Gasteiger partial charge in [-0.3, -0.25) is 9.59 Å². The smallest absolute Gasteiger partial charge is 0.325 e. The van der Waals surface area contributed by atoms with Crippen molar-refractivity contribution in [2.24, 2.45) is 5.92 Å². The fourth-order valence-corrected chi connectivity index (χ4v) is 5.97. The van der Waals surface area contributed by atoms with Crippen molar-refractivity contribution in [2.45, 2.75) is 32.4 Å². The van der Waals surface area contributed by atoms with Crippen LogP contribution >= 0.6 is 0 Å². The van der Waals surface area contributed by atoms with Crippen molar-refractivity contribution >= 4 is 33.6 Å². The van der Waals surface area contributed by atoms with E-state index in [9.17, 15) is 14.0 Å². The van der Waals surface area contributed by atoms with Crippen LogP contribution in [-0.4, -0.2) is 59.5 Å². The molecule has 0 N–H and O–H groups in total. The number of amides is 1. The van der Waals surface area contributed by atoms with Gasteiger partial charge in [-0.1, -0.05) is 36.4 Å². The summed E-state index contributed by atoms with van der Waals surface area (Å²) in [5.74, 6) is -0.252. The number of carbonyl (C=O) groups is 2. The Morgan fingerprint density at radius 3 is 2.61 bits per heavy atom. The van der Waals surface area contributed by atoms with E-state index >= 15 is 0 Å². The van der Waals surface area contributed by atoms with Crippen LogP contribution in [0.15, 0.2) is 60.7 Å². The number of aromatic nitrogens is 1. The Morgan fingerprint density at radius 2 is 1.76 bits per heavy atom. The van der Waals surface area contributed by atoms with E-state index in [1.165, 1.54) is 12.1 Å². The first-order valence-corrected chi connectivity index (χ1v) is 13.4. The van der Waals surface area contributed by atoms with E-state index in [1.807, 2.05) is 51.9 Å². The summed E-state index contributed by atoms with van der Waals surface area (Å²) in [6.07, 6.45) is 2.65. The van der Waals surface area contributed by atoms with Gasteiger partial charge in [-0.05, 0) is 73.9 Å². The van der Waals surface area contributed by atoms with Gasteiger partial charge in [0.2, 0.25) is 0 Å². The van der Waals surface area contributed by atoms with Gasteiger partial charge < -0.3 is 19.1 Å². The largest absolute Gasteiger partial charge is 0.464 e. The molecule has 3 heterocycles. The highest BCUT2D eigenvalue weighted by Crippen LogP contribution is 2.33. The number of hydrogen-bond acceptors (Lipinski definition) is 4. The molecule has 0 unspecified atom stereocenters. The van der Waals surface area contributed by atoms with Gasteiger partial charge in [-0.2, -0.15) is 0 Å². The molecule has 1 fully saturated rings. The highest BCUT2D eigenvalue weighted by Gasteiger charge is 2.29. The molecule has 4 aromatic rings. The molecule has 1 amide bonds. The van der Waals surface area contributed by atoms with Crippen molar-refractivity contribution in [1.82, 2.24) is 14.4 Å². The maximum Gasteiger partial charge on any atom is 0.325 e. The molecule has 38 heavy (non-hydrogen) atoms. The van der Waals surface area contributed by atoms with Crippen molar-refractivity contribution in [1.29, 1.82) is 0 Å². The molecule has 0 spiro atoms. The quantitative estimate of drug-likeness (QED) is 0.352. The first-order chi connectivity index (χ1) is 18.5. The van der Waals surface area contributed by atoms with E-state index in [1.54, 1.807) is 6.07 Å². The van der Waals surface area contributed by atoms with E-state index in [4.69, 9.17) is 4.74 Å². The molecule has 0 radical (unpaired) electrons. The van der Waals surface area contributed by atoms with Crippen molar-refractivity contribution in [3.63, 3.8) is 0 Å². The van der Waals surface area contributed by atoms with Crippen LogP contribution in [0.1, 0.15) is 34.5 Å². The van der Waals surface area contributed by atoms with Gasteiger partial charge in [0.1, 0.15) is 12.4 Å². The minimum Gasteiger partial charge on any atom is -0.464 e. The highest BCUT2D eigenvalue weighted by atomic mass is 19.1. The summed E-state index contributed by atoms with van der Waals surface area (Å²) >= 11 is 0. The zero-order valence-corrected chi connectivity index (χ0v) is 21.7. The van der Waals surface area contributed by atoms with Gasteiger partial charge >= 0.3 is 5.97 Å². The minimum absolute atomic E-state index is 0.0395. The van der Waals surface area contributed by atoms with Crippen LogP contribution in [0, 0.1) is 11.7 Å². The molecule has 7 heteroatoms. The van der Waals surface area contributed by atoms with Crippen LogP contribution in [-0.2, 0) is 29.0 Å². The van der Waals surface area contributed by atoms with Gasteiger partial charge in [0, 0.05) is 47.2 Å². The third-order valence-electron chi connectivity index (χ3n) is 8.13. The molecule has 1 aromatic heterocycles. The summed E-state index contributed by atoms with van der Waals surface area (Å²) in [5.41, 5.74) is 3.34. The van der Waals surface area contributed by atoms with Crippen molar-refractivity contribution in [3.05, 3.63) is 83.3 Å². The van der Waals surface area contributed by atoms with Gasteiger partial charge in [0.15, 0.2) is 0 Å². The topological polar surface area (TPSA) is 54.8 Å². The maximum atomic E-state index is 14.3. The zero-order chi connectivity index (χ0) is 26.2. The van der Waals surface area contributed by atoms with Gasteiger partial charge in [0.05, 0.1) is 6.61 Å². The van der Waals surface area contributed by atoms with Gasteiger partial charge in [0.25, 0.3) is 5.91 Å². The maximum absolute atomic E-state index is 14.3. The fraction of sp³-hybridized carbons (Fsp3) is 0.355. The van der Waals surface area contributed by atoms with E-state index in [0.29, 0.717) is 37.6 Å². The van der Waals surface area contributed by atoms with E-state index in [0.717, 1.165) is 58.9 Å². The predicted molar refractivity (Wildman–Crippen MR) is 145 cm³/mol. The van der Waals surface area contributed by atoms with E-state index in [2.05, 4.69) is 11.9 Å². The van der Waals surface area contributed by atoms with E-state index < -0.39 is 0 Å². The van der Waals surface area contributed by atoms with Crippen LogP contribution < -0.4 is 0 Å². The second-order valence-electron chi connectivity index (χ2n) is 10.6. The monoisotopic (exact) mass is 513 g/mol. The minimum atomic E-state index is -0.334. The lowest BCUT2D eigenvalue weighted by Gasteiger charge is -2.29. The van der Waals surface area contributed by atoms with E-state index in [-0.39, 0.29) is 24.2 Å². The zero-order valence-electron chi connectivity index (χ0n) is 21.7. The molecule has 0 bridgehead atoms. The number of halogens is 1. The Bertz CT molecular complexity index is 1510. The number of piperidine rings is 1. The van der Waals surface area contributed by atoms with Crippen LogP contribution in [0.5, 0.6) is 0 Å². The molecule has 0 saturated carbocycles. The number of fused-ring (bicyclic) bond motifs is 4. The molecule has 1 saturated heterocycles. The Morgan fingerprint density at radius 1 is 0.974 bits per heavy atom. The summed E-state index contributed by atoms with van der Waals surface area (Å²) in [6.45, 7) is 3.47. The summed E-state index contributed by atoms with van der Waals surface area (Å²) in [6, 6.07) is 18.3. The SMILES string of the molecule is CN1CCC(COC(=O)Cn2c3c(c4cc(F)ccc42)CN(C(=O)c2cccc4ccccc24)CC3)CC1. The third kappa shape index (κ3) is 4.67. The molecule has 2 aliphatic heterocycles. The number of ether oxygens (including phenoxy) is 1. The Kier molecular flexibility index (Phi) is 6.62. The average Bonchev–Trinajstić information content (AvgIpc) is 3.23. The Labute approximate surface area is 221 Å². The lowest BCUT2D eigenvalue weighted by Crippen LogP contribution is -2.36. The van der Waals surface area contributed by atoms with Crippen LogP contribution in [0.25, 0.3) is 21.7 Å². The van der Waals surface area contributed by atoms with Crippen molar-refractivity contribution in [3.8, 4) is 0 Å². The fourth-order valence-electron chi connectivity index (χ4n) is 5.97. The van der Waals surface area contributed by atoms with Crippen LogP contribution in [0.4, 0.5) is 4.39 Å². The molecule has 0 aliphatic carbocycles. The number of benzene rings is 3. The molecular formula is C31H32FN3O3. The summed E-state index contributed by atoms with van der Waals surface area (Å²) in [5, 5.41) is 2.69. The standard InChI is InChI=1S/C31H32FN3O3/c1-33-14-11-21(12-15-33)20-38-30(36)19-35-28-10-9-23(32)17-26(28)27-18-34(16-13-29(27)35)31(37)25-8-4-6-22-5-2-3-7-24(22)25/h2-10,17,21H,11-16,18-20H2,1H3. The van der Waals surface area contributed by atoms with Crippen molar-refractivity contribution < 1.29 is 18.7 Å². The number of likely N-dealkylation sites (tertiary alicyclic amines) is 1. The van der Waals surface area contributed by atoms with Gasteiger partial charge in [-0.25, -0.2) is 4.39 Å². The van der Waals surface area contributed by atoms with Gasteiger partial charge in [-0.15, -0.1) is 0 Å². The second-order valence-corrected chi connectivity index (χ2v) is 10.6. The number of nitrogens with zero attached hydrogens (tertiary/aromatic N) is 3. The molecule has 196 valence electrons. The molecule has 3 aromatic carbocycles. The Hall–Kier alpha value is -3.71. The Balaban J connectivity index is 1.25. The summed E-state index contributed by atoms with van der Waals surface area (Å²) in [7, 11) is 2.11. The molecule has 6 nitrogen and oxygen atoms in total. The lowest BCUT2D eigenvalue weighted by molar-refractivity contribution is -0.146. The number of carbonyl (C=O) groups excluding carboxylic acids is 2. The predicted octanol–water partition coefficient (Wildman–Crippen LogP) is 5.02. The normalized spacial score (nSPS) is 16.6. The lowest BCUT2D eigenvalue weighted by atomic mass is 9.98. The summed E-state index contributed by atoms with van der Waals surface area (Å²) < 4.78 is 22.0. The molecule has 0 atom stereocenters. The molecule has 6 rings (SSSR count).